The van der Waals surface area contributed by atoms with Crippen molar-refractivity contribution in [3.63, 3.8) is 0 Å². The van der Waals surface area contributed by atoms with Crippen LogP contribution in [0.1, 0.15) is 49.0 Å². The molecule has 2 radical (unpaired) electrons. The summed E-state index contributed by atoms with van der Waals surface area (Å²) in [5.74, 6) is 2.19. The van der Waals surface area contributed by atoms with Crippen LogP contribution in [0, 0.1) is 0 Å². The maximum Gasteiger partial charge on any atom is 0.253 e. The smallest absolute Gasteiger partial charge is 0.253 e. The molecule has 31 heavy (non-hydrogen) atoms. The number of hydrogen-bond acceptors (Lipinski definition) is 5. The maximum absolute atomic E-state index is 12.9. The van der Waals surface area contributed by atoms with E-state index >= 15 is 0 Å². The average Bonchev–Trinajstić information content (AvgIpc) is 2.76. The van der Waals surface area contributed by atoms with Gasteiger partial charge in [-0.05, 0) is 54.5 Å². The van der Waals surface area contributed by atoms with Crippen molar-refractivity contribution in [2.75, 3.05) is 34.0 Å². The van der Waals surface area contributed by atoms with Gasteiger partial charge in [0.15, 0.2) is 17.6 Å². The van der Waals surface area contributed by atoms with E-state index in [2.05, 4.69) is 12.2 Å². The average molecular weight is 423 g/mol. The van der Waals surface area contributed by atoms with E-state index in [0.717, 1.165) is 23.3 Å². The van der Waals surface area contributed by atoms with Crippen molar-refractivity contribution in [2.45, 2.75) is 38.7 Å². The van der Waals surface area contributed by atoms with Gasteiger partial charge in [-0.15, -0.1) is 0 Å². The monoisotopic (exact) mass is 423 g/mol. The first-order chi connectivity index (χ1) is 15.0. The van der Waals surface area contributed by atoms with Gasteiger partial charge in [0.2, 0.25) is 0 Å². The third-order valence-corrected chi connectivity index (χ3v) is 5.53. The zero-order valence-corrected chi connectivity index (χ0v) is 18.7. The molecule has 0 fully saturated rings. The van der Waals surface area contributed by atoms with E-state index in [1.165, 1.54) is 5.56 Å². The fraction of sp³-hybridized carbons (Fsp3) is 0.458. The van der Waals surface area contributed by atoms with E-state index in [4.69, 9.17) is 26.8 Å². The molecule has 1 N–H and O–H groups in total. The van der Waals surface area contributed by atoms with Gasteiger partial charge in [-0.3, -0.25) is 4.79 Å². The SMILES string of the molecule is [B]c1cc(CCNC(=O)C(OCC)c2ccc3c(c2)OCCC3C)cc(OC)c1OC. The Hall–Kier alpha value is -2.67. The first-order valence-corrected chi connectivity index (χ1v) is 10.6. The van der Waals surface area contributed by atoms with Crippen molar-refractivity contribution in [3.8, 4) is 17.2 Å². The van der Waals surface area contributed by atoms with Crippen LogP contribution < -0.4 is 25.0 Å². The number of rotatable bonds is 9. The van der Waals surface area contributed by atoms with Gasteiger partial charge in [0, 0.05) is 13.2 Å². The van der Waals surface area contributed by atoms with Gasteiger partial charge < -0.3 is 24.3 Å². The molecule has 0 aromatic heterocycles. The summed E-state index contributed by atoms with van der Waals surface area (Å²) >= 11 is 0. The van der Waals surface area contributed by atoms with Crippen molar-refractivity contribution in [1.82, 2.24) is 5.32 Å². The topological polar surface area (TPSA) is 66.0 Å². The summed E-state index contributed by atoms with van der Waals surface area (Å²) < 4.78 is 22.2. The number of nitrogens with one attached hydrogen (secondary N) is 1. The minimum absolute atomic E-state index is 0.181. The first-order valence-electron chi connectivity index (χ1n) is 10.6. The van der Waals surface area contributed by atoms with Crippen LogP contribution in [-0.4, -0.2) is 47.7 Å². The molecule has 1 heterocycles. The molecule has 2 unspecified atom stereocenters. The summed E-state index contributed by atoms with van der Waals surface area (Å²) in [4.78, 5) is 12.9. The highest BCUT2D eigenvalue weighted by molar-refractivity contribution is 6.34. The largest absolute Gasteiger partial charge is 0.493 e. The Morgan fingerprint density at radius 3 is 2.77 bits per heavy atom. The van der Waals surface area contributed by atoms with Gasteiger partial charge in [0.1, 0.15) is 13.6 Å². The van der Waals surface area contributed by atoms with E-state index in [-0.39, 0.29) is 5.91 Å². The van der Waals surface area contributed by atoms with E-state index < -0.39 is 6.10 Å². The molecule has 1 aliphatic rings. The third kappa shape index (κ3) is 5.34. The molecule has 0 saturated carbocycles. The highest BCUT2D eigenvalue weighted by Crippen LogP contribution is 2.35. The lowest BCUT2D eigenvalue weighted by Crippen LogP contribution is -2.32. The summed E-state index contributed by atoms with van der Waals surface area (Å²) in [5, 5.41) is 2.97. The van der Waals surface area contributed by atoms with E-state index in [1.807, 2.05) is 37.3 Å². The zero-order chi connectivity index (χ0) is 22.4. The van der Waals surface area contributed by atoms with Gasteiger partial charge in [-0.2, -0.15) is 0 Å². The normalized spacial score (nSPS) is 16.1. The lowest BCUT2D eigenvalue weighted by atomic mass is 9.91. The molecule has 7 heteroatoms. The van der Waals surface area contributed by atoms with Gasteiger partial charge in [-0.1, -0.05) is 30.6 Å². The number of ether oxygens (including phenoxy) is 4. The second-order valence-electron chi connectivity index (χ2n) is 7.63. The highest BCUT2D eigenvalue weighted by atomic mass is 16.5. The molecule has 2 aromatic carbocycles. The molecule has 164 valence electrons. The summed E-state index contributed by atoms with van der Waals surface area (Å²) in [7, 11) is 9.16. The summed E-state index contributed by atoms with van der Waals surface area (Å²) in [6.45, 7) is 5.63. The lowest BCUT2D eigenvalue weighted by Gasteiger charge is -2.25. The quantitative estimate of drug-likeness (QED) is 0.629. The lowest BCUT2D eigenvalue weighted by molar-refractivity contribution is -0.132. The Balaban J connectivity index is 1.67. The molecule has 0 spiro atoms. The Kier molecular flexibility index (Phi) is 7.85. The zero-order valence-electron chi connectivity index (χ0n) is 18.7. The fourth-order valence-electron chi connectivity index (χ4n) is 3.86. The molecule has 1 amide bonds. The molecule has 3 rings (SSSR count). The molecule has 1 aliphatic heterocycles. The molecular weight excluding hydrogens is 393 g/mol. The number of amides is 1. The summed E-state index contributed by atoms with van der Waals surface area (Å²) in [6, 6.07) is 9.62. The van der Waals surface area contributed by atoms with E-state index in [1.54, 1.807) is 14.2 Å². The van der Waals surface area contributed by atoms with Crippen molar-refractivity contribution in [1.29, 1.82) is 0 Å². The number of carbonyl (C=O) groups is 1. The van der Waals surface area contributed by atoms with Crippen LogP contribution in [0.15, 0.2) is 30.3 Å². The second kappa shape index (κ2) is 10.6. The standard InChI is InChI=1S/C24H30BNO5/c1-5-30-22(17-6-7-18-15(2)9-11-31-20(18)14-17)24(27)26-10-8-16-12-19(25)23(29-4)21(13-16)28-3/h6-7,12-15,22H,5,8-11H2,1-4H3,(H,26,27). The number of carbonyl (C=O) groups excluding carboxylic acids is 1. The van der Waals surface area contributed by atoms with Crippen molar-refractivity contribution < 1.29 is 23.7 Å². The Bertz CT molecular complexity index is 917. The summed E-state index contributed by atoms with van der Waals surface area (Å²) in [6.07, 6.45) is 0.911. The Morgan fingerprint density at radius 2 is 2.06 bits per heavy atom. The predicted octanol–water partition coefficient (Wildman–Crippen LogP) is 2.82. The molecule has 2 atom stereocenters. The predicted molar refractivity (Wildman–Crippen MR) is 121 cm³/mol. The van der Waals surface area contributed by atoms with Crippen LogP contribution in [0.4, 0.5) is 0 Å². The second-order valence-corrected chi connectivity index (χ2v) is 7.63. The molecule has 0 aliphatic carbocycles. The number of methoxy groups -OCH3 is 2. The van der Waals surface area contributed by atoms with Crippen molar-refractivity contribution in [2.24, 2.45) is 0 Å². The van der Waals surface area contributed by atoms with Crippen LogP contribution in [-0.2, 0) is 16.0 Å². The fourth-order valence-corrected chi connectivity index (χ4v) is 3.86. The van der Waals surface area contributed by atoms with Crippen LogP contribution in [0.2, 0.25) is 0 Å². The number of hydrogen-bond donors (Lipinski definition) is 1. The van der Waals surface area contributed by atoms with E-state index in [9.17, 15) is 4.79 Å². The Morgan fingerprint density at radius 1 is 1.26 bits per heavy atom. The van der Waals surface area contributed by atoms with Crippen molar-refractivity contribution in [3.05, 3.63) is 47.0 Å². The Labute approximate surface area is 185 Å². The van der Waals surface area contributed by atoms with Gasteiger partial charge in [-0.25, -0.2) is 0 Å². The number of fused-ring (bicyclic) bond motifs is 1. The molecule has 2 aromatic rings. The van der Waals surface area contributed by atoms with Gasteiger partial charge in [0.25, 0.3) is 5.91 Å². The molecule has 0 bridgehead atoms. The minimum Gasteiger partial charge on any atom is -0.493 e. The summed E-state index contributed by atoms with van der Waals surface area (Å²) in [5.41, 5.74) is 3.41. The van der Waals surface area contributed by atoms with E-state index in [0.29, 0.717) is 49.1 Å². The molecule has 0 saturated heterocycles. The number of benzene rings is 2. The van der Waals surface area contributed by atoms with Gasteiger partial charge >= 0.3 is 0 Å². The van der Waals surface area contributed by atoms with Crippen LogP contribution in [0.25, 0.3) is 0 Å². The van der Waals surface area contributed by atoms with Crippen LogP contribution >= 0.6 is 0 Å². The van der Waals surface area contributed by atoms with Gasteiger partial charge in [0.05, 0.1) is 20.8 Å². The van der Waals surface area contributed by atoms with Crippen LogP contribution in [0.3, 0.4) is 0 Å². The molecular formula is C24H30BNO5. The highest BCUT2D eigenvalue weighted by Gasteiger charge is 2.24. The van der Waals surface area contributed by atoms with Crippen LogP contribution in [0.5, 0.6) is 17.2 Å². The first kappa shape index (κ1) is 23.0. The third-order valence-electron chi connectivity index (χ3n) is 5.53. The molecule has 6 nitrogen and oxygen atoms in total. The minimum atomic E-state index is -0.688. The maximum atomic E-state index is 12.9. The van der Waals surface area contributed by atoms with Crippen molar-refractivity contribution >= 4 is 19.2 Å².